The summed E-state index contributed by atoms with van der Waals surface area (Å²) in [7, 11) is 0. The molecule has 0 atom stereocenters. The topological polar surface area (TPSA) is 33.6 Å². The van der Waals surface area contributed by atoms with Crippen molar-refractivity contribution in [1.29, 1.82) is 0 Å². The van der Waals surface area contributed by atoms with Gasteiger partial charge in [-0.3, -0.25) is 9.55 Å². The lowest BCUT2D eigenvalue weighted by Gasteiger charge is -2.05. The Morgan fingerprint density at radius 2 is 2.17 bits per heavy atom. The van der Waals surface area contributed by atoms with Gasteiger partial charge < -0.3 is 4.98 Å². The average Bonchev–Trinajstić information content (AvgIpc) is 2.69. The minimum absolute atomic E-state index is 0.622. The molecule has 0 aliphatic rings. The van der Waals surface area contributed by atoms with Crippen molar-refractivity contribution in [3.05, 3.63) is 50.9 Å². The van der Waals surface area contributed by atoms with Crippen LogP contribution in [-0.2, 0) is 0 Å². The Morgan fingerprint density at radius 1 is 1.33 bits per heavy atom. The van der Waals surface area contributed by atoms with Gasteiger partial charge in [0.05, 0.1) is 22.3 Å². The molecule has 3 nitrogen and oxygen atoms in total. The maximum Gasteiger partial charge on any atom is 0.182 e. The molecule has 0 amide bonds. The van der Waals surface area contributed by atoms with Gasteiger partial charge in [-0.25, -0.2) is 0 Å². The van der Waals surface area contributed by atoms with Crippen molar-refractivity contribution in [2.45, 2.75) is 0 Å². The molecule has 1 aromatic carbocycles. The van der Waals surface area contributed by atoms with Crippen LogP contribution in [0, 0.1) is 4.77 Å². The minimum Gasteiger partial charge on any atom is -0.329 e. The molecule has 2 heterocycles. The Bertz CT molecular complexity index is 793. The van der Waals surface area contributed by atoms with Gasteiger partial charge in [-0.1, -0.05) is 11.6 Å². The first-order valence-electron chi connectivity index (χ1n) is 5.17. The summed E-state index contributed by atoms with van der Waals surface area (Å²) in [6, 6.07) is 7.64. The summed E-state index contributed by atoms with van der Waals surface area (Å²) in [4.78, 5) is 7.19. The van der Waals surface area contributed by atoms with Gasteiger partial charge in [-0.15, -0.1) is 0 Å². The first-order chi connectivity index (χ1) is 8.66. The molecule has 0 fully saturated rings. The summed E-state index contributed by atoms with van der Waals surface area (Å²) in [6.45, 7) is 0. The number of hydrogen-bond donors (Lipinski definition) is 1. The molecule has 0 saturated heterocycles. The quantitative estimate of drug-likeness (QED) is 0.662. The number of imidazole rings is 1. The predicted molar refractivity (Wildman–Crippen MR) is 79.0 cm³/mol. The van der Waals surface area contributed by atoms with Crippen LogP contribution in [0.15, 0.2) is 41.1 Å². The number of H-pyrrole nitrogens is 1. The van der Waals surface area contributed by atoms with Crippen LogP contribution in [0.5, 0.6) is 0 Å². The fourth-order valence-corrected chi connectivity index (χ4v) is 2.57. The summed E-state index contributed by atoms with van der Waals surface area (Å²) in [5.74, 6) is 0. The van der Waals surface area contributed by atoms with E-state index in [4.69, 9.17) is 23.8 Å². The second kappa shape index (κ2) is 4.50. The highest BCUT2D eigenvalue weighted by atomic mass is 79.9. The highest BCUT2D eigenvalue weighted by Crippen LogP contribution is 2.27. The highest BCUT2D eigenvalue weighted by Gasteiger charge is 2.07. The number of hydrogen-bond acceptors (Lipinski definition) is 2. The normalized spacial score (nSPS) is 11.0. The Balaban J connectivity index is 2.34. The number of aromatic amines is 1. The van der Waals surface area contributed by atoms with Crippen molar-refractivity contribution in [1.82, 2.24) is 14.5 Å². The standard InChI is InChI=1S/C12H7BrClN3S/c13-8-2-1-7(5-9(8)14)17-11-3-4-15-6-10(11)16-12(17)18/h1-6H,(H,16,18). The van der Waals surface area contributed by atoms with E-state index < -0.39 is 0 Å². The van der Waals surface area contributed by atoms with Crippen LogP contribution in [0.25, 0.3) is 16.7 Å². The minimum atomic E-state index is 0.622. The number of nitrogens with zero attached hydrogens (tertiary/aromatic N) is 2. The molecule has 90 valence electrons. The van der Waals surface area contributed by atoms with Crippen LogP contribution in [0.3, 0.4) is 0 Å². The largest absolute Gasteiger partial charge is 0.329 e. The summed E-state index contributed by atoms with van der Waals surface area (Å²) in [6.07, 6.45) is 3.49. The van der Waals surface area contributed by atoms with E-state index in [1.54, 1.807) is 12.4 Å². The van der Waals surface area contributed by atoms with E-state index in [2.05, 4.69) is 25.9 Å². The van der Waals surface area contributed by atoms with Crippen LogP contribution in [-0.4, -0.2) is 14.5 Å². The second-order valence-corrected chi connectivity index (χ2v) is 5.41. The molecule has 6 heteroatoms. The van der Waals surface area contributed by atoms with E-state index in [0.717, 1.165) is 21.2 Å². The highest BCUT2D eigenvalue weighted by molar-refractivity contribution is 9.10. The van der Waals surface area contributed by atoms with Crippen molar-refractivity contribution in [2.24, 2.45) is 0 Å². The van der Waals surface area contributed by atoms with Gasteiger partial charge in [0.25, 0.3) is 0 Å². The maximum absolute atomic E-state index is 6.12. The van der Waals surface area contributed by atoms with Crippen molar-refractivity contribution < 1.29 is 0 Å². The smallest absolute Gasteiger partial charge is 0.182 e. The van der Waals surface area contributed by atoms with Crippen LogP contribution < -0.4 is 0 Å². The molecular formula is C12H7BrClN3S. The van der Waals surface area contributed by atoms with Crippen molar-refractivity contribution >= 4 is 50.8 Å². The van der Waals surface area contributed by atoms with E-state index in [0.29, 0.717) is 9.79 Å². The van der Waals surface area contributed by atoms with Crippen molar-refractivity contribution in [3.63, 3.8) is 0 Å². The van der Waals surface area contributed by atoms with Gasteiger partial charge in [-0.2, -0.15) is 0 Å². The molecule has 0 radical (unpaired) electrons. The van der Waals surface area contributed by atoms with Crippen LogP contribution in [0.2, 0.25) is 5.02 Å². The van der Waals surface area contributed by atoms with E-state index in [1.165, 1.54) is 0 Å². The molecule has 3 rings (SSSR count). The van der Waals surface area contributed by atoms with E-state index in [-0.39, 0.29) is 0 Å². The molecule has 2 aromatic heterocycles. The van der Waals surface area contributed by atoms with E-state index in [9.17, 15) is 0 Å². The SMILES string of the molecule is S=c1[nH]c2cnccc2n1-c1ccc(Br)c(Cl)c1. The summed E-state index contributed by atoms with van der Waals surface area (Å²) in [5, 5.41) is 0.651. The lowest BCUT2D eigenvalue weighted by molar-refractivity contribution is 1.06. The molecule has 0 saturated carbocycles. The second-order valence-electron chi connectivity index (χ2n) is 3.76. The zero-order valence-electron chi connectivity index (χ0n) is 9.02. The number of halogens is 2. The van der Waals surface area contributed by atoms with Crippen molar-refractivity contribution in [3.8, 4) is 5.69 Å². The third-order valence-corrected chi connectivity index (χ3v) is 4.16. The third-order valence-electron chi connectivity index (χ3n) is 2.65. The Kier molecular flexibility index (Phi) is 2.97. The lowest BCUT2D eigenvalue weighted by atomic mass is 10.3. The zero-order valence-corrected chi connectivity index (χ0v) is 12.2. The van der Waals surface area contributed by atoms with Gasteiger partial charge in [0.2, 0.25) is 0 Å². The predicted octanol–water partition coefficient (Wildman–Crippen LogP) is 4.50. The number of benzene rings is 1. The Morgan fingerprint density at radius 3 is 2.94 bits per heavy atom. The van der Waals surface area contributed by atoms with E-state index in [1.807, 2.05) is 28.8 Å². The fraction of sp³-hybridized carbons (Fsp3) is 0. The van der Waals surface area contributed by atoms with Crippen LogP contribution in [0.4, 0.5) is 0 Å². The van der Waals surface area contributed by atoms with Gasteiger partial charge in [-0.05, 0) is 52.4 Å². The number of aromatic nitrogens is 3. The molecular weight excluding hydrogens is 334 g/mol. The molecule has 18 heavy (non-hydrogen) atoms. The maximum atomic E-state index is 6.12. The third kappa shape index (κ3) is 1.88. The summed E-state index contributed by atoms with van der Waals surface area (Å²) < 4.78 is 3.42. The number of rotatable bonds is 1. The molecule has 0 aliphatic heterocycles. The molecule has 1 N–H and O–H groups in total. The van der Waals surface area contributed by atoms with Gasteiger partial charge >= 0.3 is 0 Å². The summed E-state index contributed by atoms with van der Waals surface area (Å²) >= 11 is 14.8. The monoisotopic (exact) mass is 339 g/mol. The zero-order chi connectivity index (χ0) is 12.7. The molecule has 0 spiro atoms. The van der Waals surface area contributed by atoms with Gasteiger partial charge in [0.15, 0.2) is 4.77 Å². The van der Waals surface area contributed by atoms with Crippen molar-refractivity contribution in [2.75, 3.05) is 0 Å². The molecule has 3 aromatic rings. The number of pyridine rings is 1. The van der Waals surface area contributed by atoms with E-state index >= 15 is 0 Å². The first-order valence-corrected chi connectivity index (χ1v) is 6.75. The number of nitrogens with one attached hydrogen (secondary N) is 1. The van der Waals surface area contributed by atoms with Gasteiger partial charge in [0, 0.05) is 16.4 Å². The fourth-order valence-electron chi connectivity index (χ4n) is 1.84. The Hall–Kier alpha value is -1.17. The van der Waals surface area contributed by atoms with Crippen LogP contribution >= 0.6 is 39.7 Å². The number of fused-ring (bicyclic) bond motifs is 1. The Labute approximate surface area is 122 Å². The summed E-state index contributed by atoms with van der Waals surface area (Å²) in [5.41, 5.74) is 2.81. The molecule has 0 bridgehead atoms. The first kappa shape index (κ1) is 11.9. The molecule has 0 unspecified atom stereocenters. The molecule has 0 aliphatic carbocycles. The van der Waals surface area contributed by atoms with Crippen LogP contribution in [0.1, 0.15) is 0 Å². The average molecular weight is 341 g/mol. The lowest BCUT2D eigenvalue weighted by Crippen LogP contribution is -1.93. The van der Waals surface area contributed by atoms with Gasteiger partial charge in [0.1, 0.15) is 0 Å².